The molecule has 0 aliphatic carbocycles. The quantitative estimate of drug-likeness (QED) is 0.678. The number of rotatable bonds is 5. The van der Waals surface area contributed by atoms with Crippen LogP contribution in [0.4, 0.5) is 5.82 Å². The second-order valence-electron chi connectivity index (χ2n) is 5.73. The molecule has 3 aromatic rings. The average molecular weight is 386 g/mol. The lowest BCUT2D eigenvalue weighted by molar-refractivity contribution is -0.119. The van der Waals surface area contributed by atoms with E-state index in [2.05, 4.69) is 20.4 Å². The van der Waals surface area contributed by atoms with E-state index >= 15 is 0 Å². The van der Waals surface area contributed by atoms with Gasteiger partial charge in [0.1, 0.15) is 5.82 Å². The van der Waals surface area contributed by atoms with Gasteiger partial charge in [0.2, 0.25) is 0 Å². The Labute approximate surface area is 160 Å². The molecule has 9 heteroatoms. The number of aryl methyl sites for hydroxylation is 2. The van der Waals surface area contributed by atoms with Gasteiger partial charge in [-0.05, 0) is 44.2 Å². The number of nitrogens with zero attached hydrogens (tertiary/aromatic N) is 4. The number of carbonyl (C=O) groups is 2. The molecule has 0 aliphatic rings. The second kappa shape index (κ2) is 7.96. The number of esters is 1. The Hall–Kier alpha value is -3.26. The summed E-state index contributed by atoms with van der Waals surface area (Å²) in [6.07, 6.45) is 2.78. The third-order valence-electron chi connectivity index (χ3n) is 3.54. The van der Waals surface area contributed by atoms with E-state index in [4.69, 9.17) is 16.3 Å². The van der Waals surface area contributed by atoms with Crippen LogP contribution in [0.3, 0.4) is 0 Å². The molecule has 1 amide bonds. The van der Waals surface area contributed by atoms with Gasteiger partial charge in [-0.1, -0.05) is 11.6 Å². The zero-order chi connectivity index (χ0) is 19.4. The van der Waals surface area contributed by atoms with Crippen molar-refractivity contribution in [1.29, 1.82) is 0 Å². The highest BCUT2D eigenvalue weighted by molar-refractivity contribution is 6.30. The highest BCUT2D eigenvalue weighted by Crippen LogP contribution is 2.11. The third kappa shape index (κ3) is 4.68. The maximum Gasteiger partial charge on any atom is 0.340 e. The van der Waals surface area contributed by atoms with Gasteiger partial charge in [-0.15, -0.1) is 0 Å². The fraction of sp³-hybridized carbons (Fsp3) is 0.167. The first-order valence-electron chi connectivity index (χ1n) is 8.00. The number of aromatic nitrogens is 4. The number of amides is 1. The molecule has 138 valence electrons. The van der Waals surface area contributed by atoms with Crippen LogP contribution in [0.25, 0.3) is 5.82 Å². The molecule has 0 bridgehead atoms. The number of carbonyl (C=O) groups excluding carboxylic acids is 2. The highest BCUT2D eigenvalue weighted by Gasteiger charge is 2.12. The van der Waals surface area contributed by atoms with Crippen molar-refractivity contribution in [1.82, 2.24) is 19.7 Å². The summed E-state index contributed by atoms with van der Waals surface area (Å²) in [5.74, 6) is -0.257. The van der Waals surface area contributed by atoms with Crippen molar-refractivity contribution < 1.29 is 14.3 Å². The van der Waals surface area contributed by atoms with Crippen molar-refractivity contribution in [2.24, 2.45) is 0 Å². The Morgan fingerprint density at radius 2 is 1.96 bits per heavy atom. The summed E-state index contributed by atoms with van der Waals surface area (Å²) in [5, 5.41) is 7.29. The number of hydrogen-bond donors (Lipinski definition) is 1. The van der Waals surface area contributed by atoms with E-state index in [1.807, 2.05) is 19.9 Å². The van der Waals surface area contributed by atoms with Crippen LogP contribution in [0.15, 0.2) is 42.7 Å². The number of ether oxygens (including phenoxy) is 1. The minimum absolute atomic E-state index is 0.234. The fourth-order valence-corrected chi connectivity index (χ4v) is 2.45. The minimum atomic E-state index is -0.651. The zero-order valence-corrected chi connectivity index (χ0v) is 15.4. The summed E-state index contributed by atoms with van der Waals surface area (Å²) in [6, 6.07) is 8.29. The summed E-state index contributed by atoms with van der Waals surface area (Å²) in [7, 11) is 0. The van der Waals surface area contributed by atoms with Crippen LogP contribution in [0.2, 0.25) is 5.02 Å². The van der Waals surface area contributed by atoms with Crippen LogP contribution in [0, 0.1) is 13.8 Å². The van der Waals surface area contributed by atoms with E-state index in [1.165, 1.54) is 12.4 Å². The molecule has 0 saturated heterocycles. The van der Waals surface area contributed by atoms with Gasteiger partial charge in [-0.2, -0.15) is 5.10 Å². The molecular weight excluding hydrogens is 370 g/mol. The standard InChI is InChI=1S/C18H16ClN5O3/c1-11-7-12(2)24(23-11)16-6-3-13(8-21-16)18(26)27-10-17(25)22-15-5-4-14(19)9-20-15/h3-9H,10H2,1-2H3,(H,20,22,25). The van der Waals surface area contributed by atoms with Crippen molar-refractivity contribution in [2.45, 2.75) is 13.8 Å². The average Bonchev–Trinajstić information content (AvgIpc) is 3.00. The molecule has 8 nitrogen and oxygen atoms in total. The van der Waals surface area contributed by atoms with Crippen LogP contribution in [-0.2, 0) is 9.53 Å². The molecule has 0 aromatic carbocycles. The number of hydrogen-bond acceptors (Lipinski definition) is 6. The molecule has 0 spiro atoms. The number of anilines is 1. The summed E-state index contributed by atoms with van der Waals surface area (Å²) in [4.78, 5) is 32.0. The van der Waals surface area contributed by atoms with Crippen molar-refractivity contribution in [3.05, 3.63) is 64.7 Å². The second-order valence-corrected chi connectivity index (χ2v) is 6.17. The summed E-state index contributed by atoms with van der Waals surface area (Å²) < 4.78 is 6.67. The largest absolute Gasteiger partial charge is 0.452 e. The Morgan fingerprint density at radius 3 is 2.56 bits per heavy atom. The summed E-state index contributed by atoms with van der Waals surface area (Å²) in [5.41, 5.74) is 2.04. The topological polar surface area (TPSA) is 99.0 Å². The van der Waals surface area contributed by atoms with Gasteiger partial charge in [0, 0.05) is 18.1 Å². The zero-order valence-electron chi connectivity index (χ0n) is 14.6. The smallest absolute Gasteiger partial charge is 0.340 e. The van der Waals surface area contributed by atoms with Crippen LogP contribution in [-0.4, -0.2) is 38.2 Å². The molecule has 0 radical (unpaired) electrons. The lowest BCUT2D eigenvalue weighted by atomic mass is 10.3. The van der Waals surface area contributed by atoms with Gasteiger partial charge >= 0.3 is 5.97 Å². The number of halogens is 1. The van der Waals surface area contributed by atoms with E-state index < -0.39 is 18.5 Å². The molecule has 27 heavy (non-hydrogen) atoms. The van der Waals surface area contributed by atoms with Crippen molar-refractivity contribution >= 4 is 29.3 Å². The molecule has 3 aromatic heterocycles. The highest BCUT2D eigenvalue weighted by atomic mass is 35.5. The molecule has 0 unspecified atom stereocenters. The normalized spacial score (nSPS) is 10.5. The van der Waals surface area contributed by atoms with E-state index in [9.17, 15) is 9.59 Å². The van der Waals surface area contributed by atoms with Gasteiger partial charge in [-0.25, -0.2) is 19.4 Å². The molecule has 0 atom stereocenters. The fourth-order valence-electron chi connectivity index (χ4n) is 2.34. The molecule has 0 aliphatic heterocycles. The van der Waals surface area contributed by atoms with Crippen LogP contribution < -0.4 is 5.32 Å². The predicted octanol–water partition coefficient (Wildman–Crippen LogP) is 2.73. The Bertz CT molecular complexity index is 968. The van der Waals surface area contributed by atoms with Crippen molar-refractivity contribution in [2.75, 3.05) is 11.9 Å². The Morgan fingerprint density at radius 1 is 1.15 bits per heavy atom. The van der Waals surface area contributed by atoms with Gasteiger partial charge in [0.05, 0.1) is 16.3 Å². The Kier molecular flexibility index (Phi) is 5.46. The van der Waals surface area contributed by atoms with Crippen molar-refractivity contribution in [3.8, 4) is 5.82 Å². The van der Waals surface area contributed by atoms with Gasteiger partial charge in [0.15, 0.2) is 12.4 Å². The minimum Gasteiger partial charge on any atom is -0.452 e. The maximum atomic E-state index is 12.1. The lowest BCUT2D eigenvalue weighted by Gasteiger charge is -2.07. The van der Waals surface area contributed by atoms with Crippen LogP contribution >= 0.6 is 11.6 Å². The van der Waals surface area contributed by atoms with E-state index in [0.717, 1.165) is 11.4 Å². The van der Waals surface area contributed by atoms with Gasteiger partial charge < -0.3 is 10.1 Å². The van der Waals surface area contributed by atoms with E-state index in [0.29, 0.717) is 16.7 Å². The molecule has 3 heterocycles. The monoisotopic (exact) mass is 385 g/mol. The maximum absolute atomic E-state index is 12.1. The molecular formula is C18H16ClN5O3. The molecule has 0 saturated carbocycles. The first kappa shape index (κ1) is 18.5. The van der Waals surface area contributed by atoms with Crippen LogP contribution in [0.1, 0.15) is 21.7 Å². The summed E-state index contributed by atoms with van der Waals surface area (Å²) in [6.45, 7) is 3.36. The Balaban J connectivity index is 1.57. The molecule has 3 rings (SSSR count). The summed E-state index contributed by atoms with van der Waals surface area (Å²) >= 11 is 5.72. The van der Waals surface area contributed by atoms with Crippen molar-refractivity contribution in [3.63, 3.8) is 0 Å². The van der Waals surface area contributed by atoms with Gasteiger partial charge in [0.25, 0.3) is 5.91 Å². The number of nitrogens with one attached hydrogen (secondary N) is 1. The third-order valence-corrected chi connectivity index (χ3v) is 3.76. The molecule has 0 fully saturated rings. The number of pyridine rings is 2. The van der Waals surface area contributed by atoms with Crippen LogP contribution in [0.5, 0.6) is 0 Å². The lowest BCUT2D eigenvalue weighted by Crippen LogP contribution is -2.21. The predicted molar refractivity (Wildman–Crippen MR) is 99.0 cm³/mol. The molecule has 1 N–H and O–H groups in total. The first-order valence-corrected chi connectivity index (χ1v) is 8.38. The SMILES string of the molecule is Cc1cc(C)n(-c2ccc(C(=O)OCC(=O)Nc3ccc(Cl)cn3)cn2)n1. The van der Waals surface area contributed by atoms with Gasteiger partial charge in [-0.3, -0.25) is 4.79 Å². The van der Waals surface area contributed by atoms with E-state index in [-0.39, 0.29) is 5.56 Å². The van der Waals surface area contributed by atoms with E-state index in [1.54, 1.807) is 28.9 Å². The first-order chi connectivity index (χ1) is 12.9.